The van der Waals surface area contributed by atoms with Gasteiger partial charge in [0.25, 0.3) is 0 Å². The second-order valence-electron chi connectivity index (χ2n) is 6.86. The quantitative estimate of drug-likeness (QED) is 0.289. The Labute approximate surface area is 163 Å². The highest BCUT2D eigenvalue weighted by Crippen LogP contribution is 2.08. The van der Waals surface area contributed by atoms with Gasteiger partial charge in [0, 0.05) is 0 Å². The molecule has 27 heavy (non-hydrogen) atoms. The van der Waals surface area contributed by atoms with Gasteiger partial charge in [-0.2, -0.15) is 0 Å². The molecule has 0 saturated carbocycles. The molecule has 1 aromatic rings. The van der Waals surface area contributed by atoms with Crippen LogP contribution in [0.3, 0.4) is 0 Å². The van der Waals surface area contributed by atoms with Gasteiger partial charge in [-0.15, -0.1) is 0 Å². The lowest BCUT2D eigenvalue weighted by Crippen LogP contribution is -2.13. The van der Waals surface area contributed by atoms with Gasteiger partial charge in [-0.1, -0.05) is 77.7 Å². The van der Waals surface area contributed by atoms with E-state index in [1.54, 1.807) is 18.2 Å². The highest BCUT2D eigenvalue weighted by Gasteiger charge is 2.14. The molecule has 0 N–H and O–H groups in total. The third-order valence-electron chi connectivity index (χ3n) is 4.38. The zero-order chi connectivity index (χ0) is 19.7. The molecule has 1 heterocycles. The second kappa shape index (κ2) is 15.2. The van der Waals surface area contributed by atoms with Crippen molar-refractivity contribution in [1.29, 1.82) is 0 Å². The molecule has 1 aromatic heterocycles. The number of pyridine rings is 1. The summed E-state index contributed by atoms with van der Waals surface area (Å²) >= 11 is 0. The van der Waals surface area contributed by atoms with Crippen LogP contribution in [0.15, 0.2) is 18.2 Å². The van der Waals surface area contributed by atoms with Crippen LogP contribution in [0.4, 0.5) is 0 Å². The average Bonchev–Trinajstić information content (AvgIpc) is 2.69. The lowest BCUT2D eigenvalue weighted by Gasteiger charge is -2.07. The van der Waals surface area contributed by atoms with E-state index in [0.717, 1.165) is 38.5 Å². The van der Waals surface area contributed by atoms with Crippen molar-refractivity contribution in [2.75, 3.05) is 13.2 Å². The molecule has 0 fully saturated rings. The van der Waals surface area contributed by atoms with Crippen LogP contribution in [-0.2, 0) is 9.47 Å². The van der Waals surface area contributed by atoms with Crippen molar-refractivity contribution >= 4 is 11.9 Å². The summed E-state index contributed by atoms with van der Waals surface area (Å²) in [6, 6.07) is 4.75. The molecule has 5 heteroatoms. The lowest BCUT2D eigenvalue weighted by atomic mass is 10.1. The molecule has 0 unspecified atom stereocenters. The summed E-state index contributed by atoms with van der Waals surface area (Å²) in [5, 5.41) is 0. The maximum Gasteiger partial charge on any atom is 0.356 e. The Morgan fingerprint density at radius 3 is 1.59 bits per heavy atom. The number of unbranched alkanes of at least 4 members (excludes halogenated alkanes) is 9. The smallest absolute Gasteiger partial charge is 0.356 e. The highest BCUT2D eigenvalue weighted by atomic mass is 16.5. The van der Waals surface area contributed by atoms with E-state index in [4.69, 9.17) is 9.47 Å². The fraction of sp³-hybridized carbons (Fsp3) is 0.682. The summed E-state index contributed by atoms with van der Waals surface area (Å²) in [4.78, 5) is 28.2. The van der Waals surface area contributed by atoms with Gasteiger partial charge in [0.1, 0.15) is 11.4 Å². The second-order valence-corrected chi connectivity index (χ2v) is 6.86. The Kier molecular flexibility index (Phi) is 13.0. The Morgan fingerprint density at radius 1 is 0.704 bits per heavy atom. The first-order valence-electron chi connectivity index (χ1n) is 10.5. The van der Waals surface area contributed by atoms with Gasteiger partial charge in [-0.3, -0.25) is 0 Å². The molecule has 0 radical (unpaired) electrons. The Hall–Kier alpha value is -1.91. The first kappa shape index (κ1) is 23.1. The molecule has 152 valence electrons. The lowest BCUT2D eigenvalue weighted by molar-refractivity contribution is 0.0482. The fourth-order valence-corrected chi connectivity index (χ4v) is 2.73. The van der Waals surface area contributed by atoms with Gasteiger partial charge in [0.05, 0.1) is 13.2 Å². The van der Waals surface area contributed by atoms with Crippen LogP contribution < -0.4 is 0 Å². The average molecular weight is 378 g/mol. The number of rotatable bonds is 15. The van der Waals surface area contributed by atoms with Crippen molar-refractivity contribution in [2.24, 2.45) is 0 Å². The molecule has 0 amide bonds. The summed E-state index contributed by atoms with van der Waals surface area (Å²) in [5.74, 6) is -0.980. The minimum absolute atomic E-state index is 0.149. The topological polar surface area (TPSA) is 65.5 Å². The minimum atomic E-state index is -0.492. The molecular weight excluding hydrogens is 342 g/mol. The van der Waals surface area contributed by atoms with Crippen LogP contribution in [0.25, 0.3) is 0 Å². The van der Waals surface area contributed by atoms with Gasteiger partial charge >= 0.3 is 11.9 Å². The maximum absolute atomic E-state index is 12.1. The minimum Gasteiger partial charge on any atom is -0.461 e. The van der Waals surface area contributed by atoms with Crippen LogP contribution in [0.2, 0.25) is 0 Å². The predicted molar refractivity (Wildman–Crippen MR) is 107 cm³/mol. The standard InChI is InChI=1S/C22H35NO4/c1-3-5-7-9-10-11-13-18-27-22(25)20-16-14-15-19(23-20)21(24)26-17-12-8-6-4-2/h14-16H,3-13,17-18H2,1-2H3. The van der Waals surface area contributed by atoms with E-state index in [2.05, 4.69) is 18.8 Å². The third kappa shape index (κ3) is 10.7. The Morgan fingerprint density at radius 2 is 1.11 bits per heavy atom. The number of esters is 2. The van der Waals surface area contributed by atoms with E-state index < -0.39 is 11.9 Å². The van der Waals surface area contributed by atoms with Crippen LogP contribution in [-0.4, -0.2) is 30.1 Å². The maximum atomic E-state index is 12.1. The molecule has 1 rings (SSSR count). The number of aromatic nitrogens is 1. The van der Waals surface area contributed by atoms with Gasteiger partial charge in [0.2, 0.25) is 0 Å². The summed E-state index contributed by atoms with van der Waals surface area (Å²) in [5.41, 5.74) is 0.300. The third-order valence-corrected chi connectivity index (χ3v) is 4.38. The first-order chi connectivity index (χ1) is 13.2. The molecule has 0 bridgehead atoms. The SMILES string of the molecule is CCCCCCCCCOC(=O)c1cccc(C(=O)OCCCCCC)n1. The van der Waals surface area contributed by atoms with Crippen molar-refractivity contribution < 1.29 is 19.1 Å². The highest BCUT2D eigenvalue weighted by molar-refractivity contribution is 5.91. The van der Waals surface area contributed by atoms with E-state index in [-0.39, 0.29) is 11.4 Å². The molecular formula is C22H35NO4. The molecule has 0 aliphatic heterocycles. The first-order valence-corrected chi connectivity index (χ1v) is 10.5. The van der Waals surface area contributed by atoms with E-state index >= 15 is 0 Å². The van der Waals surface area contributed by atoms with Crippen molar-refractivity contribution in [3.05, 3.63) is 29.6 Å². The van der Waals surface area contributed by atoms with Gasteiger partial charge < -0.3 is 9.47 Å². The molecule has 0 spiro atoms. The molecule has 0 aliphatic rings. The number of carbonyl (C=O) groups is 2. The van der Waals surface area contributed by atoms with Crippen LogP contribution >= 0.6 is 0 Å². The summed E-state index contributed by atoms with van der Waals surface area (Å²) in [7, 11) is 0. The predicted octanol–water partition coefficient (Wildman–Crippen LogP) is 5.73. The number of carbonyl (C=O) groups excluding carboxylic acids is 2. The zero-order valence-electron chi connectivity index (χ0n) is 17.0. The molecule has 0 saturated heterocycles. The number of hydrogen-bond donors (Lipinski definition) is 0. The summed E-state index contributed by atoms with van der Waals surface area (Å²) in [6.45, 7) is 5.11. The molecule has 5 nitrogen and oxygen atoms in total. The van der Waals surface area contributed by atoms with E-state index in [1.165, 1.54) is 32.1 Å². The van der Waals surface area contributed by atoms with Crippen molar-refractivity contribution in [1.82, 2.24) is 4.98 Å². The van der Waals surface area contributed by atoms with Crippen LogP contribution in [0.1, 0.15) is 105 Å². The van der Waals surface area contributed by atoms with Crippen molar-refractivity contribution in [3.8, 4) is 0 Å². The number of ether oxygens (including phenoxy) is 2. The van der Waals surface area contributed by atoms with Crippen molar-refractivity contribution in [3.63, 3.8) is 0 Å². The zero-order valence-corrected chi connectivity index (χ0v) is 17.0. The monoisotopic (exact) mass is 377 g/mol. The molecule has 0 aromatic carbocycles. The largest absolute Gasteiger partial charge is 0.461 e. The van der Waals surface area contributed by atoms with Gasteiger partial charge in [-0.25, -0.2) is 14.6 Å². The van der Waals surface area contributed by atoms with E-state index in [0.29, 0.717) is 13.2 Å². The fourth-order valence-electron chi connectivity index (χ4n) is 2.73. The van der Waals surface area contributed by atoms with Gasteiger partial charge in [0.15, 0.2) is 0 Å². The summed E-state index contributed by atoms with van der Waals surface area (Å²) < 4.78 is 10.5. The van der Waals surface area contributed by atoms with E-state index in [1.807, 2.05) is 0 Å². The Balaban J connectivity index is 2.29. The van der Waals surface area contributed by atoms with Gasteiger partial charge in [-0.05, 0) is 25.0 Å². The molecule has 0 aliphatic carbocycles. The molecule has 0 atom stereocenters. The normalized spacial score (nSPS) is 10.6. The summed E-state index contributed by atoms with van der Waals surface area (Å²) in [6.07, 6.45) is 12.3. The number of hydrogen-bond acceptors (Lipinski definition) is 5. The van der Waals surface area contributed by atoms with Crippen LogP contribution in [0, 0.1) is 0 Å². The Bertz CT molecular complexity index is 545. The van der Waals surface area contributed by atoms with E-state index in [9.17, 15) is 9.59 Å². The van der Waals surface area contributed by atoms with Crippen molar-refractivity contribution in [2.45, 2.75) is 84.5 Å². The van der Waals surface area contributed by atoms with Crippen LogP contribution in [0.5, 0.6) is 0 Å². The number of nitrogens with zero attached hydrogens (tertiary/aromatic N) is 1.